The lowest BCUT2D eigenvalue weighted by molar-refractivity contribution is -0.139. The normalized spacial score (nSPS) is 26.6. The first-order chi connectivity index (χ1) is 10.4. The highest BCUT2D eigenvalue weighted by molar-refractivity contribution is 6.32. The van der Waals surface area contributed by atoms with Crippen molar-refractivity contribution < 1.29 is 19.4 Å². The minimum atomic E-state index is -1.05. The van der Waals surface area contributed by atoms with Crippen molar-refractivity contribution in [3.8, 4) is 11.5 Å². The summed E-state index contributed by atoms with van der Waals surface area (Å²) in [7, 11) is 1.52. The van der Waals surface area contributed by atoms with Crippen LogP contribution in [0.25, 0.3) is 0 Å². The van der Waals surface area contributed by atoms with E-state index in [0.717, 1.165) is 31.1 Å². The predicted octanol–water partition coefficient (Wildman–Crippen LogP) is 2.65. The lowest BCUT2D eigenvalue weighted by atomic mass is 10.1. The van der Waals surface area contributed by atoms with Crippen LogP contribution >= 0.6 is 11.6 Å². The summed E-state index contributed by atoms with van der Waals surface area (Å²) < 4.78 is 10.5. The Kier molecular flexibility index (Phi) is 3.95. The molecule has 0 radical (unpaired) electrons. The van der Waals surface area contributed by atoms with Crippen molar-refractivity contribution in [2.75, 3.05) is 26.8 Å². The second kappa shape index (κ2) is 5.63. The monoisotopic (exact) mass is 325 g/mol. The molecule has 1 saturated heterocycles. The molecule has 22 heavy (non-hydrogen) atoms. The fraction of sp³-hybridized carbons (Fsp3) is 0.562. The van der Waals surface area contributed by atoms with Crippen LogP contribution in [-0.2, 0) is 11.3 Å². The van der Waals surface area contributed by atoms with E-state index in [1.807, 2.05) is 12.1 Å². The number of benzene rings is 1. The van der Waals surface area contributed by atoms with Crippen molar-refractivity contribution in [2.24, 2.45) is 11.3 Å². The van der Waals surface area contributed by atoms with Crippen molar-refractivity contribution in [3.05, 3.63) is 22.7 Å². The van der Waals surface area contributed by atoms with E-state index in [-0.39, 0.29) is 5.75 Å². The van der Waals surface area contributed by atoms with Crippen molar-refractivity contribution in [1.82, 2.24) is 4.90 Å². The van der Waals surface area contributed by atoms with E-state index in [4.69, 9.17) is 26.2 Å². The number of carboxylic acid groups (broad SMARTS) is 1. The predicted molar refractivity (Wildman–Crippen MR) is 82.6 cm³/mol. The Morgan fingerprint density at radius 2 is 2.32 bits per heavy atom. The number of ether oxygens (including phenoxy) is 2. The van der Waals surface area contributed by atoms with E-state index < -0.39 is 12.6 Å². The molecule has 0 amide bonds. The molecule has 5 nitrogen and oxygen atoms in total. The van der Waals surface area contributed by atoms with Gasteiger partial charge in [0.1, 0.15) is 0 Å². The molecule has 2 atom stereocenters. The SMILES string of the molecule is COc1cc(CN2CC3CC3(C)C2)cc(Cl)c1OCC(=O)O. The van der Waals surface area contributed by atoms with Crippen LogP contribution in [0.3, 0.4) is 0 Å². The second-order valence-electron chi connectivity index (χ2n) is 6.52. The minimum Gasteiger partial charge on any atom is -0.493 e. The van der Waals surface area contributed by atoms with Crippen LogP contribution in [0.1, 0.15) is 18.9 Å². The molecule has 1 aliphatic heterocycles. The van der Waals surface area contributed by atoms with Crippen molar-refractivity contribution in [1.29, 1.82) is 0 Å². The average Bonchev–Trinajstić information content (AvgIpc) is 2.95. The molecular formula is C16H20ClNO4. The number of carbonyl (C=O) groups is 1. The van der Waals surface area contributed by atoms with Crippen molar-refractivity contribution in [3.63, 3.8) is 0 Å². The molecule has 0 spiro atoms. The molecule has 0 bridgehead atoms. The highest BCUT2D eigenvalue weighted by Crippen LogP contribution is 2.57. The van der Waals surface area contributed by atoms with Gasteiger partial charge in [0.05, 0.1) is 12.1 Å². The summed E-state index contributed by atoms with van der Waals surface area (Å²) in [5.41, 5.74) is 1.56. The molecule has 2 fully saturated rings. The van der Waals surface area contributed by atoms with E-state index in [0.29, 0.717) is 16.2 Å². The van der Waals surface area contributed by atoms with Gasteiger partial charge in [0.25, 0.3) is 0 Å². The van der Waals surface area contributed by atoms with Gasteiger partial charge in [-0.2, -0.15) is 0 Å². The number of methoxy groups -OCH3 is 1. The quantitative estimate of drug-likeness (QED) is 0.871. The molecule has 1 saturated carbocycles. The van der Waals surface area contributed by atoms with Crippen LogP contribution in [0.4, 0.5) is 0 Å². The number of fused-ring (bicyclic) bond motifs is 1. The first-order valence-electron chi connectivity index (χ1n) is 7.34. The highest BCUT2D eigenvalue weighted by Gasteiger charge is 2.55. The second-order valence-corrected chi connectivity index (χ2v) is 6.92. The van der Waals surface area contributed by atoms with Gasteiger partial charge < -0.3 is 14.6 Å². The molecule has 1 N–H and O–H groups in total. The molecule has 2 aliphatic rings. The third-order valence-corrected chi connectivity index (χ3v) is 4.92. The molecular weight excluding hydrogens is 306 g/mol. The number of halogens is 1. The third-order valence-electron chi connectivity index (χ3n) is 4.64. The maximum absolute atomic E-state index is 10.6. The van der Waals surface area contributed by atoms with Crippen molar-refractivity contribution >= 4 is 17.6 Å². The van der Waals surface area contributed by atoms with Gasteiger partial charge in [0.2, 0.25) is 0 Å². The lowest BCUT2D eigenvalue weighted by Gasteiger charge is -2.20. The van der Waals surface area contributed by atoms with Crippen LogP contribution in [0.15, 0.2) is 12.1 Å². The van der Waals surface area contributed by atoms with E-state index >= 15 is 0 Å². The van der Waals surface area contributed by atoms with Crippen molar-refractivity contribution in [2.45, 2.75) is 19.9 Å². The highest BCUT2D eigenvalue weighted by atomic mass is 35.5. The minimum absolute atomic E-state index is 0.284. The van der Waals surface area contributed by atoms with Gasteiger partial charge in [-0.15, -0.1) is 0 Å². The molecule has 1 aromatic rings. The van der Waals surface area contributed by atoms with Crippen LogP contribution in [0.5, 0.6) is 11.5 Å². The summed E-state index contributed by atoms with van der Waals surface area (Å²) >= 11 is 6.23. The number of likely N-dealkylation sites (tertiary alicyclic amines) is 1. The zero-order chi connectivity index (χ0) is 15.9. The number of nitrogens with zero attached hydrogens (tertiary/aromatic N) is 1. The Balaban J connectivity index is 1.72. The van der Waals surface area contributed by atoms with Gasteiger partial charge in [-0.25, -0.2) is 4.79 Å². The van der Waals surface area contributed by atoms with E-state index in [9.17, 15) is 4.79 Å². The molecule has 1 aliphatic carbocycles. The first-order valence-corrected chi connectivity index (χ1v) is 7.72. The molecule has 0 aromatic heterocycles. The standard InChI is InChI=1S/C16H20ClNO4/c1-16-5-11(16)7-18(9-16)6-10-3-12(17)15(13(4-10)21-2)22-8-14(19)20/h3-4,11H,5-9H2,1-2H3,(H,19,20). The lowest BCUT2D eigenvalue weighted by Crippen LogP contribution is -2.23. The number of rotatable bonds is 6. The smallest absolute Gasteiger partial charge is 0.341 e. The number of aliphatic carboxylic acids is 1. The number of hydrogen-bond donors (Lipinski definition) is 1. The fourth-order valence-corrected chi connectivity index (χ4v) is 3.67. The summed E-state index contributed by atoms with van der Waals surface area (Å²) in [5, 5.41) is 9.09. The van der Waals surface area contributed by atoms with E-state index in [2.05, 4.69) is 11.8 Å². The van der Waals surface area contributed by atoms with Gasteiger partial charge >= 0.3 is 5.97 Å². The molecule has 120 valence electrons. The zero-order valence-electron chi connectivity index (χ0n) is 12.8. The Bertz CT molecular complexity index is 606. The van der Waals surface area contributed by atoms with Crippen LogP contribution in [-0.4, -0.2) is 42.8 Å². The van der Waals surface area contributed by atoms with Gasteiger partial charge in [-0.1, -0.05) is 18.5 Å². The maximum atomic E-state index is 10.6. The largest absolute Gasteiger partial charge is 0.493 e. The summed E-state index contributed by atoms with van der Waals surface area (Å²) in [6.45, 7) is 4.97. The summed E-state index contributed by atoms with van der Waals surface area (Å²) in [5.74, 6) is 0.542. The number of hydrogen-bond acceptors (Lipinski definition) is 4. The summed E-state index contributed by atoms with van der Waals surface area (Å²) in [6, 6.07) is 3.70. The van der Waals surface area contributed by atoms with Gasteiger partial charge in [-0.3, -0.25) is 4.90 Å². The van der Waals surface area contributed by atoms with Crippen LogP contribution in [0, 0.1) is 11.3 Å². The summed E-state index contributed by atoms with van der Waals surface area (Å²) in [6.07, 6.45) is 1.34. The number of piperidine rings is 1. The summed E-state index contributed by atoms with van der Waals surface area (Å²) in [4.78, 5) is 13.1. The molecule has 6 heteroatoms. The Hall–Kier alpha value is -1.46. The van der Waals surface area contributed by atoms with Crippen LogP contribution in [0.2, 0.25) is 5.02 Å². The molecule has 2 unspecified atom stereocenters. The van der Waals surface area contributed by atoms with Crippen LogP contribution < -0.4 is 9.47 Å². The first kappa shape index (κ1) is 15.4. The molecule has 1 aromatic carbocycles. The topological polar surface area (TPSA) is 59.0 Å². The maximum Gasteiger partial charge on any atom is 0.341 e. The van der Waals surface area contributed by atoms with Gasteiger partial charge in [-0.05, 0) is 35.4 Å². The fourth-order valence-electron chi connectivity index (χ4n) is 3.39. The van der Waals surface area contributed by atoms with Gasteiger partial charge in [0, 0.05) is 19.6 Å². The molecule has 3 rings (SSSR count). The Morgan fingerprint density at radius 1 is 1.55 bits per heavy atom. The average molecular weight is 326 g/mol. The van der Waals surface area contributed by atoms with E-state index in [1.54, 1.807) is 0 Å². The van der Waals surface area contributed by atoms with E-state index in [1.165, 1.54) is 13.5 Å². The Labute approximate surface area is 134 Å². The third kappa shape index (κ3) is 3.01. The Morgan fingerprint density at radius 3 is 2.91 bits per heavy atom. The number of carboxylic acids is 1. The zero-order valence-corrected chi connectivity index (χ0v) is 13.5. The molecule has 1 heterocycles. The van der Waals surface area contributed by atoms with Gasteiger partial charge in [0.15, 0.2) is 18.1 Å².